The number of alkyl halides is 3. The third-order valence-electron chi connectivity index (χ3n) is 9.31. The van der Waals surface area contributed by atoms with E-state index >= 15 is 4.39 Å². The summed E-state index contributed by atoms with van der Waals surface area (Å²) in [5.41, 5.74) is -0.406. The van der Waals surface area contributed by atoms with E-state index < -0.39 is 86.0 Å². The number of esters is 4. The number of carbonyl (C=O) groups excluding carboxylic acids is 4. The Hall–Kier alpha value is -3.64. The van der Waals surface area contributed by atoms with Crippen LogP contribution in [0.25, 0.3) is 0 Å². The Kier molecular flexibility index (Phi) is 26.2. The molecule has 0 heterocycles. The molecule has 76 heavy (non-hydrogen) atoms. The van der Waals surface area contributed by atoms with Gasteiger partial charge in [-0.15, -0.1) is 0 Å². The second kappa shape index (κ2) is 30.6. The molecule has 5 aromatic carbocycles. The van der Waals surface area contributed by atoms with Crippen molar-refractivity contribution >= 4 is 190 Å². The molecule has 6 atom stereocenters. The van der Waals surface area contributed by atoms with Gasteiger partial charge in [0, 0.05) is 20.1 Å². The van der Waals surface area contributed by atoms with Crippen LogP contribution in [0.1, 0.15) is 41.4 Å². The van der Waals surface area contributed by atoms with E-state index in [2.05, 4.69) is 35.9 Å². The van der Waals surface area contributed by atoms with E-state index in [0.29, 0.717) is 16.3 Å². The molecule has 0 aromatic heterocycles. The Morgan fingerprint density at radius 1 is 0.513 bits per heavy atom. The summed E-state index contributed by atoms with van der Waals surface area (Å²) in [5.74, 6) is -4.00. The summed E-state index contributed by atoms with van der Waals surface area (Å²) in [6.07, 6.45) is -8.69. The zero-order valence-electron chi connectivity index (χ0n) is 38.0. The monoisotopic (exact) mass is 1350 g/mol. The maximum Gasteiger partial charge on any atom is 0.340 e. The van der Waals surface area contributed by atoms with Gasteiger partial charge in [-0.3, -0.25) is 4.18 Å². The molecular formula is C46H32BrCl11F2N2O13S. The summed E-state index contributed by atoms with van der Waals surface area (Å²) >= 11 is 68.7. The van der Waals surface area contributed by atoms with Crippen LogP contribution in [0.15, 0.2) is 100 Å². The molecule has 0 amide bonds. The van der Waals surface area contributed by atoms with Gasteiger partial charge < -0.3 is 28.6 Å². The zero-order chi connectivity index (χ0) is 56.6. The van der Waals surface area contributed by atoms with Crippen molar-refractivity contribution < 1.29 is 69.2 Å². The third-order valence-corrected chi connectivity index (χ3v) is 14.8. The second-order valence-electron chi connectivity index (χ2n) is 14.5. The van der Waals surface area contributed by atoms with Gasteiger partial charge in [0.1, 0.15) is 32.3 Å². The number of rotatable bonds is 21. The lowest BCUT2D eigenvalue weighted by molar-refractivity contribution is -0.0478. The van der Waals surface area contributed by atoms with Crippen molar-refractivity contribution in [2.75, 3.05) is 27.4 Å². The largest absolute Gasteiger partial charge is 0.461 e. The average Bonchev–Trinajstić information content (AvgIpc) is 3.34. The molecule has 0 aliphatic heterocycles. The molecule has 30 heteroatoms. The van der Waals surface area contributed by atoms with Crippen molar-refractivity contribution in [2.45, 2.75) is 40.4 Å². The van der Waals surface area contributed by atoms with E-state index in [1.165, 1.54) is 79.9 Å². The topological polar surface area (TPSA) is 192 Å². The molecule has 0 aliphatic rings. The molecule has 0 unspecified atom stereocenters. The quantitative estimate of drug-likeness (QED) is 0.0128. The number of nitrogens with zero attached hydrogens (tertiary/aromatic N) is 2. The van der Waals surface area contributed by atoms with Gasteiger partial charge in [0.2, 0.25) is 0 Å². The first-order valence-electron chi connectivity index (χ1n) is 20.5. The lowest BCUT2D eigenvalue weighted by Crippen LogP contribution is -2.45. The van der Waals surface area contributed by atoms with Gasteiger partial charge in [-0.1, -0.05) is 154 Å². The minimum Gasteiger partial charge on any atom is -0.461 e. The van der Waals surface area contributed by atoms with Crippen LogP contribution in [0, 0.1) is 0 Å². The van der Waals surface area contributed by atoms with Crippen LogP contribution in [0.2, 0.25) is 55.2 Å². The van der Waals surface area contributed by atoms with Crippen LogP contribution < -0.4 is 0 Å². The highest BCUT2D eigenvalue weighted by Gasteiger charge is 2.40. The van der Waals surface area contributed by atoms with E-state index in [-0.39, 0.29) is 69.0 Å². The fraction of sp³-hybridized carbons (Fsp3) is 0.217. The normalized spacial score (nSPS) is 13.8. The number of benzene rings is 5. The lowest BCUT2D eigenvalue weighted by atomic mass is 10.1. The number of halogens is 14. The Labute approximate surface area is 495 Å². The molecular weight excluding hydrogens is 1330 g/mol. The summed E-state index contributed by atoms with van der Waals surface area (Å²) in [6.45, 7) is -1.39. The van der Waals surface area contributed by atoms with Gasteiger partial charge in [-0.05, 0) is 84.9 Å². The maximum absolute atomic E-state index is 15.6. The maximum atomic E-state index is 15.6. The van der Waals surface area contributed by atoms with Crippen molar-refractivity contribution in [1.29, 1.82) is 0 Å². The number of hydrogen-bond acceptors (Lipinski definition) is 15. The number of oxime groups is 2. The fourth-order valence-electron chi connectivity index (χ4n) is 5.74. The van der Waals surface area contributed by atoms with Crippen molar-refractivity contribution in [3.63, 3.8) is 0 Å². The molecule has 0 aliphatic carbocycles. The molecule has 5 aromatic rings. The summed E-state index contributed by atoms with van der Waals surface area (Å²) in [4.78, 5) is 58.1. The smallest absolute Gasteiger partial charge is 0.340 e. The van der Waals surface area contributed by atoms with Crippen LogP contribution in [0.5, 0.6) is 0 Å². The number of carbonyl (C=O) groups is 4. The molecule has 15 nitrogen and oxygen atoms in total. The van der Waals surface area contributed by atoms with Gasteiger partial charge in [-0.2, -0.15) is 8.42 Å². The molecule has 0 N–H and O–H groups in total. The summed E-state index contributed by atoms with van der Waals surface area (Å²) < 4.78 is 83.4. The van der Waals surface area contributed by atoms with Gasteiger partial charge >= 0.3 is 23.9 Å². The van der Waals surface area contributed by atoms with Crippen molar-refractivity contribution in [3.8, 4) is 0 Å². The third kappa shape index (κ3) is 19.0. The van der Waals surface area contributed by atoms with Crippen LogP contribution >= 0.6 is 144 Å². The predicted molar refractivity (Wildman–Crippen MR) is 292 cm³/mol. The number of ether oxygens (including phenoxy) is 4. The second-order valence-corrected chi connectivity index (χ2v) is 21.8. The fourth-order valence-corrected chi connectivity index (χ4v) is 10.3. The molecule has 5 rings (SSSR count). The molecule has 0 spiro atoms. The van der Waals surface area contributed by atoms with Crippen molar-refractivity contribution in [2.24, 2.45) is 10.3 Å². The first-order valence-corrected chi connectivity index (χ1v) is 27.0. The summed E-state index contributed by atoms with van der Waals surface area (Å²) in [7, 11) is -2.64. The lowest BCUT2D eigenvalue weighted by Gasteiger charge is -2.27. The highest BCUT2D eigenvalue weighted by Crippen LogP contribution is 2.35. The van der Waals surface area contributed by atoms with Crippen molar-refractivity contribution in [1.82, 2.24) is 0 Å². The summed E-state index contributed by atoms with van der Waals surface area (Å²) in [6, 6.07) is 17.8. The van der Waals surface area contributed by atoms with Crippen molar-refractivity contribution in [3.05, 3.63) is 162 Å². The SMILES string of the molecule is CON=C[C@@H](F)[C@H](OC(=O)c1ccc(Cl)cc1Cl)[C@@H](COC(=O)c1ccc(Cl)cc1Cl)OS(=O)(=O)c1cc(Cl)c(Cl)cc1Cl.CON=C[C@@H](F)[C@H](OC(=O)c1ccc(Cl)cc1Cl)[C@H](Br)COC(=O)c1ccc(Cl)cc1Cl. The standard InChI is InChI=1S/C26H17Cl7FNO8S.C20H15BrCl4FNO5/c1-40-35-10-21(34)24(42-26(37)15-5-3-13(28)7-17(15)30)22(11-41-25(36)14-4-2-12(27)6-16(14)29)43-44(38,39)23-9-19(32)18(31)8-20(23)33;1-30-27-8-17(26)18(32-20(29)13-5-3-11(23)7-16(13)25)14(21)9-31-19(28)12-4-2-10(22)6-15(12)24/h2-10,21-22,24H,11H2,1H3;2-8,14,17-18H,9H2,1H3/t21-,22-,24+;14-,17-,18-/m11/s1. The Morgan fingerprint density at radius 2 is 0.868 bits per heavy atom. The van der Waals surface area contributed by atoms with Crippen LogP contribution in [0.3, 0.4) is 0 Å². The van der Waals surface area contributed by atoms with E-state index in [0.717, 1.165) is 25.5 Å². The predicted octanol–water partition coefficient (Wildman–Crippen LogP) is 14.8. The minimum atomic E-state index is -4.96. The van der Waals surface area contributed by atoms with E-state index in [1.54, 1.807) is 0 Å². The first kappa shape index (κ1) is 64.9. The summed E-state index contributed by atoms with van der Waals surface area (Å²) in [5, 5.41) is 6.84. The number of hydrogen-bond donors (Lipinski definition) is 0. The highest BCUT2D eigenvalue weighted by molar-refractivity contribution is 9.09. The van der Waals surface area contributed by atoms with Gasteiger partial charge in [-0.25, -0.2) is 28.0 Å². The van der Waals surface area contributed by atoms with E-state index in [9.17, 15) is 32.0 Å². The first-order chi connectivity index (χ1) is 35.8. The Bertz CT molecular complexity index is 3100. The molecule has 0 saturated carbocycles. The highest BCUT2D eigenvalue weighted by atomic mass is 79.9. The zero-order valence-corrected chi connectivity index (χ0v) is 48.7. The van der Waals surface area contributed by atoms with Gasteiger partial charge in [0.15, 0.2) is 30.7 Å². The van der Waals surface area contributed by atoms with Crippen LogP contribution in [-0.4, -0.2) is 108 Å². The molecule has 0 bridgehead atoms. The van der Waals surface area contributed by atoms with Crippen LogP contribution in [0.4, 0.5) is 8.78 Å². The Morgan fingerprint density at radius 3 is 1.26 bits per heavy atom. The molecule has 0 radical (unpaired) electrons. The average molecular weight is 1360 g/mol. The minimum absolute atomic E-state index is 0.0251. The molecule has 0 fully saturated rings. The van der Waals surface area contributed by atoms with E-state index in [4.69, 9.17) is 151 Å². The van der Waals surface area contributed by atoms with E-state index in [1.807, 2.05) is 0 Å². The van der Waals surface area contributed by atoms with Gasteiger partial charge in [0.25, 0.3) is 10.1 Å². The van der Waals surface area contributed by atoms with Crippen LogP contribution in [-0.2, 0) is 42.9 Å². The molecule has 408 valence electrons. The Balaban J connectivity index is 0.000000346. The van der Waals surface area contributed by atoms with Gasteiger partial charge in [0.05, 0.1) is 74.7 Å². The molecule has 0 saturated heterocycles.